The van der Waals surface area contributed by atoms with E-state index in [4.69, 9.17) is 4.98 Å². The quantitative estimate of drug-likeness (QED) is 0.349. The van der Waals surface area contributed by atoms with Crippen LogP contribution in [0.3, 0.4) is 0 Å². The molecule has 0 aliphatic rings. The second-order valence-corrected chi connectivity index (χ2v) is 9.15. The molecule has 5 heteroatoms. The van der Waals surface area contributed by atoms with Gasteiger partial charge in [-0.2, -0.15) is 0 Å². The van der Waals surface area contributed by atoms with E-state index in [9.17, 15) is 4.79 Å². The van der Waals surface area contributed by atoms with E-state index < -0.39 is 0 Å². The third-order valence-electron chi connectivity index (χ3n) is 5.28. The maximum absolute atomic E-state index is 13.3. The zero-order chi connectivity index (χ0) is 20.5. The highest BCUT2D eigenvalue weighted by Gasteiger charge is 2.23. The minimum Gasteiger partial charge on any atom is -0.309 e. The highest BCUT2D eigenvalue weighted by atomic mass is 32.1. The summed E-state index contributed by atoms with van der Waals surface area (Å²) in [6.07, 6.45) is 0.879. The fourth-order valence-electron chi connectivity index (χ4n) is 3.94. The lowest BCUT2D eigenvalue weighted by molar-refractivity contribution is 0.860. The number of aryl methyl sites for hydroxylation is 1. The number of hydrogen-bond acceptors (Lipinski definition) is 4. The molecule has 0 bridgehead atoms. The second-order valence-electron chi connectivity index (χ2n) is 7.12. The van der Waals surface area contributed by atoms with Crippen molar-refractivity contribution in [1.29, 1.82) is 0 Å². The molecule has 0 saturated heterocycles. The predicted molar refractivity (Wildman–Crippen MR) is 127 cm³/mol. The van der Waals surface area contributed by atoms with Gasteiger partial charge >= 0.3 is 0 Å². The van der Waals surface area contributed by atoms with E-state index in [1.54, 1.807) is 22.7 Å². The van der Waals surface area contributed by atoms with E-state index in [1.165, 1.54) is 4.88 Å². The molecule has 148 valence electrons. The van der Waals surface area contributed by atoms with Gasteiger partial charge in [-0.1, -0.05) is 73.7 Å². The van der Waals surface area contributed by atoms with E-state index in [-0.39, 0.29) is 11.5 Å². The lowest BCUT2D eigenvalue weighted by Crippen LogP contribution is -2.16. The third kappa shape index (κ3) is 3.30. The van der Waals surface area contributed by atoms with Crippen molar-refractivity contribution in [2.24, 2.45) is 0 Å². The molecule has 5 rings (SSSR count). The maximum atomic E-state index is 13.3. The number of thiophene rings is 2. The Kier molecular flexibility index (Phi) is 5.07. The Bertz CT molecular complexity index is 1300. The van der Waals surface area contributed by atoms with E-state index in [0.29, 0.717) is 11.2 Å². The van der Waals surface area contributed by atoms with E-state index in [1.807, 2.05) is 42.5 Å². The summed E-state index contributed by atoms with van der Waals surface area (Å²) in [6, 6.07) is 24.6. The molecule has 0 fully saturated rings. The molecular weight excluding hydrogens is 408 g/mol. The summed E-state index contributed by atoms with van der Waals surface area (Å²) in [7, 11) is 0. The van der Waals surface area contributed by atoms with Crippen LogP contribution in [-0.4, -0.2) is 9.97 Å². The summed E-state index contributed by atoms with van der Waals surface area (Å²) >= 11 is 3.30. The van der Waals surface area contributed by atoms with Crippen LogP contribution in [0.1, 0.15) is 34.7 Å². The second kappa shape index (κ2) is 8.01. The normalized spacial score (nSPS) is 11.4. The molecule has 0 spiro atoms. The molecular formula is C25H20N2OS2. The van der Waals surface area contributed by atoms with Crippen molar-refractivity contribution in [1.82, 2.24) is 9.97 Å². The van der Waals surface area contributed by atoms with Gasteiger partial charge in [0.2, 0.25) is 0 Å². The summed E-state index contributed by atoms with van der Waals surface area (Å²) in [5, 5.41) is 2.76. The third-order valence-corrected chi connectivity index (χ3v) is 7.40. The number of fused-ring (bicyclic) bond motifs is 1. The predicted octanol–water partition coefficient (Wildman–Crippen LogP) is 6.46. The molecule has 0 saturated carbocycles. The number of hydrogen-bond donors (Lipinski definition) is 1. The first-order valence-corrected chi connectivity index (χ1v) is 11.6. The first kappa shape index (κ1) is 19.0. The van der Waals surface area contributed by atoms with Gasteiger partial charge in [-0.3, -0.25) is 4.79 Å². The van der Waals surface area contributed by atoms with Gasteiger partial charge in [0.25, 0.3) is 5.56 Å². The Labute approximate surface area is 182 Å². The van der Waals surface area contributed by atoms with Crippen LogP contribution < -0.4 is 5.56 Å². The number of nitrogens with zero attached hydrogens (tertiary/aromatic N) is 1. The van der Waals surface area contributed by atoms with Crippen molar-refractivity contribution in [2.45, 2.75) is 19.3 Å². The smallest absolute Gasteiger partial charge is 0.260 e. The summed E-state index contributed by atoms with van der Waals surface area (Å²) < 4.78 is 0. The van der Waals surface area contributed by atoms with Crippen LogP contribution in [0.4, 0.5) is 0 Å². The Hall–Kier alpha value is -3.02. The minimum atomic E-state index is -0.123. The Morgan fingerprint density at radius 2 is 1.60 bits per heavy atom. The van der Waals surface area contributed by atoms with Crippen molar-refractivity contribution in [3.8, 4) is 10.4 Å². The average Bonchev–Trinajstić information content (AvgIpc) is 3.43. The molecule has 3 heterocycles. The Morgan fingerprint density at radius 1 is 0.933 bits per heavy atom. The van der Waals surface area contributed by atoms with E-state index in [2.05, 4.69) is 47.6 Å². The molecule has 0 aliphatic carbocycles. The average molecular weight is 429 g/mol. The zero-order valence-electron chi connectivity index (χ0n) is 16.5. The van der Waals surface area contributed by atoms with Gasteiger partial charge in [-0.15, -0.1) is 22.7 Å². The van der Waals surface area contributed by atoms with Crippen LogP contribution >= 0.6 is 22.7 Å². The van der Waals surface area contributed by atoms with Crippen LogP contribution in [0, 0.1) is 0 Å². The van der Waals surface area contributed by atoms with Crippen molar-refractivity contribution in [3.63, 3.8) is 0 Å². The molecule has 30 heavy (non-hydrogen) atoms. The largest absolute Gasteiger partial charge is 0.309 e. The van der Waals surface area contributed by atoms with Crippen molar-refractivity contribution >= 4 is 32.9 Å². The minimum absolute atomic E-state index is 0.0637. The molecule has 5 aromatic rings. The van der Waals surface area contributed by atoms with Crippen LogP contribution in [-0.2, 0) is 6.42 Å². The van der Waals surface area contributed by atoms with Gasteiger partial charge in [0.15, 0.2) is 0 Å². The fraction of sp³-hybridized carbons (Fsp3) is 0.120. The van der Waals surface area contributed by atoms with E-state index >= 15 is 0 Å². The van der Waals surface area contributed by atoms with Gasteiger partial charge in [0.05, 0.1) is 11.3 Å². The zero-order valence-corrected chi connectivity index (χ0v) is 18.1. The first-order valence-electron chi connectivity index (χ1n) is 9.95. The number of aromatic nitrogens is 2. The number of nitrogens with one attached hydrogen (secondary N) is 1. The van der Waals surface area contributed by atoms with Gasteiger partial charge in [-0.05, 0) is 29.0 Å². The molecule has 0 atom stereocenters. The fourth-order valence-corrected chi connectivity index (χ4v) is 5.94. The highest BCUT2D eigenvalue weighted by Crippen LogP contribution is 2.39. The molecule has 0 amide bonds. The van der Waals surface area contributed by atoms with E-state index in [0.717, 1.165) is 32.8 Å². The molecule has 3 aromatic heterocycles. The highest BCUT2D eigenvalue weighted by molar-refractivity contribution is 7.20. The van der Waals surface area contributed by atoms with Gasteiger partial charge in [-0.25, -0.2) is 4.98 Å². The summed E-state index contributed by atoms with van der Waals surface area (Å²) in [5.74, 6) is 0.563. The van der Waals surface area contributed by atoms with Gasteiger partial charge < -0.3 is 4.98 Å². The van der Waals surface area contributed by atoms with Crippen LogP contribution in [0.5, 0.6) is 0 Å². The van der Waals surface area contributed by atoms with Crippen molar-refractivity contribution < 1.29 is 0 Å². The SMILES string of the molecule is CCc1sc2nc(C(c3ccccc3)c3ccccc3)[nH]c(=O)c2c1-c1cccs1. The monoisotopic (exact) mass is 428 g/mol. The standard InChI is InChI=1S/C25H20N2OS2/c1-2-18-21(19-14-9-15-29-19)22-24(28)26-23(27-25(22)30-18)20(16-10-5-3-6-11-16)17-12-7-4-8-13-17/h3-15,20H,2H2,1H3,(H,26,27,28). The van der Waals surface area contributed by atoms with Crippen LogP contribution in [0.15, 0.2) is 83.0 Å². The summed E-state index contributed by atoms with van der Waals surface area (Å²) in [6.45, 7) is 2.13. The first-order chi connectivity index (χ1) is 14.8. The lowest BCUT2D eigenvalue weighted by Gasteiger charge is -2.17. The number of benzene rings is 2. The number of rotatable bonds is 5. The molecule has 2 aromatic carbocycles. The lowest BCUT2D eigenvalue weighted by atomic mass is 9.90. The van der Waals surface area contributed by atoms with Gasteiger partial charge in [0.1, 0.15) is 10.7 Å². The van der Waals surface area contributed by atoms with Crippen molar-refractivity contribution in [3.05, 3.63) is 110 Å². The van der Waals surface area contributed by atoms with Crippen LogP contribution in [0.2, 0.25) is 0 Å². The molecule has 3 nitrogen and oxygen atoms in total. The molecule has 1 N–H and O–H groups in total. The topological polar surface area (TPSA) is 45.8 Å². The molecule has 0 radical (unpaired) electrons. The molecule has 0 aliphatic heterocycles. The maximum Gasteiger partial charge on any atom is 0.260 e. The summed E-state index contributed by atoms with van der Waals surface area (Å²) in [5.41, 5.74) is 3.20. The summed E-state index contributed by atoms with van der Waals surface area (Å²) in [4.78, 5) is 24.6. The molecule has 0 unspecified atom stereocenters. The van der Waals surface area contributed by atoms with Crippen molar-refractivity contribution in [2.75, 3.05) is 0 Å². The Morgan fingerprint density at radius 3 is 2.17 bits per heavy atom. The Balaban J connectivity index is 1.75. The van der Waals surface area contributed by atoms with Crippen LogP contribution in [0.25, 0.3) is 20.7 Å². The number of H-pyrrole nitrogens is 1. The van der Waals surface area contributed by atoms with Gasteiger partial charge in [0, 0.05) is 15.3 Å². The number of aromatic amines is 1.